The van der Waals surface area contributed by atoms with Gasteiger partial charge in [0.15, 0.2) is 0 Å². The first-order valence-corrected chi connectivity index (χ1v) is 5.58. The summed E-state index contributed by atoms with van der Waals surface area (Å²) in [6.45, 7) is 0.887. The van der Waals surface area contributed by atoms with E-state index in [-0.39, 0.29) is 17.7 Å². The van der Waals surface area contributed by atoms with Crippen molar-refractivity contribution < 1.29 is 14.4 Å². The number of hydrogen-bond donors (Lipinski definition) is 2. The predicted molar refractivity (Wildman–Crippen MR) is 55.9 cm³/mol. The molecule has 1 spiro atoms. The zero-order chi connectivity index (χ0) is 11.8. The topological polar surface area (TPSA) is 78.5 Å². The molecule has 0 aromatic rings. The molecule has 0 atom stereocenters. The number of amides is 4. The normalized spacial score (nSPS) is 23.2. The Morgan fingerprint density at radius 2 is 2.00 bits per heavy atom. The van der Waals surface area contributed by atoms with E-state index < -0.39 is 11.6 Å². The van der Waals surface area contributed by atoms with Gasteiger partial charge in [0, 0.05) is 13.1 Å². The number of urea groups is 1. The van der Waals surface area contributed by atoms with Crippen molar-refractivity contribution in [2.45, 2.75) is 18.4 Å². The lowest BCUT2D eigenvalue weighted by molar-refractivity contribution is -0.133. The van der Waals surface area contributed by atoms with Crippen LogP contribution in [0, 0.1) is 0 Å². The Morgan fingerprint density at radius 1 is 1.38 bits per heavy atom. The van der Waals surface area contributed by atoms with Crippen LogP contribution >= 0.6 is 11.6 Å². The van der Waals surface area contributed by atoms with Gasteiger partial charge in [0.05, 0.1) is 0 Å². The van der Waals surface area contributed by atoms with Gasteiger partial charge in [-0.2, -0.15) is 0 Å². The number of halogens is 1. The highest BCUT2D eigenvalue weighted by Gasteiger charge is 2.48. The summed E-state index contributed by atoms with van der Waals surface area (Å²) in [6, 6.07) is -0.456. The molecule has 7 heteroatoms. The van der Waals surface area contributed by atoms with E-state index in [1.807, 2.05) is 0 Å². The molecule has 2 N–H and O–H groups in total. The third kappa shape index (κ3) is 1.73. The Hall–Kier alpha value is -1.30. The van der Waals surface area contributed by atoms with Gasteiger partial charge in [0.25, 0.3) is 5.91 Å². The van der Waals surface area contributed by atoms with Gasteiger partial charge in [-0.15, -0.1) is 11.6 Å². The van der Waals surface area contributed by atoms with E-state index in [0.29, 0.717) is 25.9 Å². The van der Waals surface area contributed by atoms with E-state index in [4.69, 9.17) is 11.6 Å². The van der Waals surface area contributed by atoms with Crippen molar-refractivity contribution in [3.63, 3.8) is 0 Å². The molecule has 2 aliphatic heterocycles. The van der Waals surface area contributed by atoms with E-state index in [0.717, 1.165) is 0 Å². The van der Waals surface area contributed by atoms with Crippen LogP contribution in [0.1, 0.15) is 12.8 Å². The number of nitrogens with one attached hydrogen (secondary N) is 2. The lowest BCUT2D eigenvalue weighted by atomic mass is 9.88. The van der Waals surface area contributed by atoms with Crippen LogP contribution in [0.25, 0.3) is 0 Å². The molecule has 16 heavy (non-hydrogen) atoms. The minimum absolute atomic E-state index is 0.0500. The SMILES string of the molecule is O=C1NC(=O)C2(CCN(C(=O)CCl)CC2)N1. The number of piperidine rings is 1. The molecule has 0 saturated carbocycles. The highest BCUT2D eigenvalue weighted by atomic mass is 35.5. The molecule has 0 aromatic heterocycles. The van der Waals surface area contributed by atoms with Gasteiger partial charge in [0.1, 0.15) is 11.4 Å². The van der Waals surface area contributed by atoms with E-state index in [1.54, 1.807) is 4.90 Å². The molecule has 2 heterocycles. The molecule has 4 amide bonds. The van der Waals surface area contributed by atoms with Crippen molar-refractivity contribution >= 4 is 29.4 Å². The molecule has 2 rings (SSSR count). The van der Waals surface area contributed by atoms with Crippen LogP contribution in [-0.2, 0) is 9.59 Å². The predicted octanol–water partition coefficient (Wildman–Crippen LogP) is -0.574. The average molecular weight is 246 g/mol. The number of hydrogen-bond acceptors (Lipinski definition) is 3. The molecule has 0 aromatic carbocycles. The van der Waals surface area contributed by atoms with Gasteiger partial charge in [-0.3, -0.25) is 14.9 Å². The van der Waals surface area contributed by atoms with E-state index in [9.17, 15) is 14.4 Å². The molecule has 2 aliphatic rings. The molecular weight excluding hydrogens is 234 g/mol. The van der Waals surface area contributed by atoms with Gasteiger partial charge in [0.2, 0.25) is 5.91 Å². The lowest BCUT2D eigenvalue weighted by Gasteiger charge is -2.36. The van der Waals surface area contributed by atoms with Crippen LogP contribution in [0.5, 0.6) is 0 Å². The molecule has 2 fully saturated rings. The number of likely N-dealkylation sites (tertiary alicyclic amines) is 1. The van der Waals surface area contributed by atoms with Crippen molar-refractivity contribution in [1.82, 2.24) is 15.5 Å². The maximum absolute atomic E-state index is 11.6. The Kier molecular flexibility index (Phi) is 2.75. The molecular formula is C9H12ClN3O3. The highest BCUT2D eigenvalue weighted by molar-refractivity contribution is 6.27. The van der Waals surface area contributed by atoms with Crippen LogP contribution in [0.3, 0.4) is 0 Å². The summed E-state index contributed by atoms with van der Waals surface area (Å²) in [4.78, 5) is 35.6. The fourth-order valence-electron chi connectivity index (χ4n) is 2.10. The number of nitrogens with zero attached hydrogens (tertiary/aromatic N) is 1. The molecule has 0 unspecified atom stereocenters. The van der Waals surface area contributed by atoms with Gasteiger partial charge >= 0.3 is 6.03 Å². The third-order valence-corrected chi connectivity index (χ3v) is 3.33. The Balaban J connectivity index is 2.02. The Bertz CT molecular complexity index is 350. The number of carbonyl (C=O) groups excluding carboxylic acids is 3. The van der Waals surface area contributed by atoms with Crippen molar-refractivity contribution in [1.29, 1.82) is 0 Å². The number of alkyl halides is 1. The number of rotatable bonds is 1. The van der Waals surface area contributed by atoms with Gasteiger partial charge < -0.3 is 10.2 Å². The van der Waals surface area contributed by atoms with Crippen LogP contribution in [0.2, 0.25) is 0 Å². The maximum atomic E-state index is 11.6. The number of imide groups is 1. The minimum Gasteiger partial charge on any atom is -0.341 e. The standard InChI is InChI=1S/C9H12ClN3O3/c10-5-6(14)13-3-1-9(2-4-13)7(15)11-8(16)12-9/h1-5H2,(H2,11,12,15,16). The summed E-state index contributed by atoms with van der Waals surface area (Å²) in [5.41, 5.74) is -0.819. The summed E-state index contributed by atoms with van der Waals surface area (Å²) in [6.07, 6.45) is 0.875. The Morgan fingerprint density at radius 3 is 2.44 bits per heavy atom. The fourth-order valence-corrected chi connectivity index (χ4v) is 2.27. The van der Waals surface area contributed by atoms with E-state index in [2.05, 4.69) is 10.6 Å². The largest absolute Gasteiger partial charge is 0.341 e. The summed E-state index contributed by atoms with van der Waals surface area (Å²) in [5.74, 6) is -0.484. The van der Waals surface area contributed by atoms with Crippen LogP contribution < -0.4 is 10.6 Å². The van der Waals surface area contributed by atoms with E-state index in [1.165, 1.54) is 0 Å². The highest BCUT2D eigenvalue weighted by Crippen LogP contribution is 2.25. The second kappa shape index (κ2) is 3.93. The number of carbonyl (C=O) groups is 3. The lowest BCUT2D eigenvalue weighted by Crippen LogP contribution is -2.55. The summed E-state index contributed by atoms with van der Waals surface area (Å²) in [5, 5.41) is 4.84. The van der Waals surface area contributed by atoms with Gasteiger partial charge in [-0.05, 0) is 12.8 Å². The zero-order valence-corrected chi connectivity index (χ0v) is 9.34. The Labute approximate surface area is 97.3 Å². The monoisotopic (exact) mass is 245 g/mol. The van der Waals surface area contributed by atoms with Crippen LogP contribution in [0.15, 0.2) is 0 Å². The summed E-state index contributed by atoms with van der Waals surface area (Å²) in [7, 11) is 0. The first-order chi connectivity index (χ1) is 7.57. The second-order valence-corrected chi connectivity index (χ2v) is 4.27. The smallest absolute Gasteiger partial charge is 0.322 e. The fraction of sp³-hybridized carbons (Fsp3) is 0.667. The zero-order valence-electron chi connectivity index (χ0n) is 8.59. The summed E-state index contributed by atoms with van der Waals surface area (Å²) >= 11 is 5.45. The van der Waals surface area contributed by atoms with Crippen molar-refractivity contribution in [2.75, 3.05) is 19.0 Å². The van der Waals surface area contributed by atoms with Crippen molar-refractivity contribution in [3.05, 3.63) is 0 Å². The molecule has 0 bridgehead atoms. The summed E-state index contributed by atoms with van der Waals surface area (Å²) < 4.78 is 0. The molecule has 0 aliphatic carbocycles. The third-order valence-electron chi connectivity index (χ3n) is 3.10. The first-order valence-electron chi connectivity index (χ1n) is 5.05. The second-order valence-electron chi connectivity index (χ2n) is 4.00. The minimum atomic E-state index is -0.819. The van der Waals surface area contributed by atoms with Crippen LogP contribution in [0.4, 0.5) is 4.79 Å². The van der Waals surface area contributed by atoms with E-state index >= 15 is 0 Å². The van der Waals surface area contributed by atoms with Crippen LogP contribution in [-0.4, -0.2) is 47.3 Å². The maximum Gasteiger partial charge on any atom is 0.322 e. The first kappa shape index (κ1) is 11.2. The van der Waals surface area contributed by atoms with Gasteiger partial charge in [-0.25, -0.2) is 4.79 Å². The molecule has 0 radical (unpaired) electrons. The molecule has 88 valence electrons. The average Bonchev–Trinajstić information content (AvgIpc) is 2.54. The van der Waals surface area contributed by atoms with Crippen molar-refractivity contribution in [3.8, 4) is 0 Å². The molecule has 2 saturated heterocycles. The van der Waals surface area contributed by atoms with Gasteiger partial charge in [-0.1, -0.05) is 0 Å². The quantitative estimate of drug-likeness (QED) is 0.480. The van der Waals surface area contributed by atoms with Crippen molar-refractivity contribution in [2.24, 2.45) is 0 Å². The molecule has 6 nitrogen and oxygen atoms in total.